The minimum Gasteiger partial charge on any atom is -0.268 e. The van der Waals surface area contributed by atoms with Gasteiger partial charge in [-0.1, -0.05) is 49.4 Å². The molecular weight excluding hydrogens is 330 g/mol. The van der Waals surface area contributed by atoms with E-state index in [0.29, 0.717) is 16.1 Å². The number of unbranched alkanes of at least 4 members (excludes halogenated alkanes) is 1. The predicted octanol–water partition coefficient (Wildman–Crippen LogP) is 4.34. The predicted molar refractivity (Wildman–Crippen MR) is 102 cm³/mol. The Morgan fingerprint density at radius 2 is 1.92 bits per heavy atom. The van der Waals surface area contributed by atoms with E-state index in [9.17, 15) is 4.79 Å². The molecule has 2 aromatic carbocycles. The van der Waals surface area contributed by atoms with Crippen LogP contribution in [0.1, 0.15) is 25.3 Å². The van der Waals surface area contributed by atoms with Gasteiger partial charge in [0.25, 0.3) is 5.56 Å². The molecule has 0 unspecified atom stereocenters. The maximum Gasteiger partial charge on any atom is 0.266 e. The van der Waals surface area contributed by atoms with Crippen LogP contribution in [-0.4, -0.2) is 15.3 Å². The second-order valence-electron chi connectivity index (χ2n) is 5.77. The van der Waals surface area contributed by atoms with Crippen LogP contribution in [-0.2, 0) is 6.42 Å². The van der Waals surface area contributed by atoms with Crippen LogP contribution >= 0.6 is 11.8 Å². The summed E-state index contributed by atoms with van der Waals surface area (Å²) in [5, 5.41) is 10.0. The first-order valence-corrected chi connectivity index (χ1v) is 9.34. The second-order valence-corrected chi connectivity index (χ2v) is 6.71. The number of nitriles is 1. The SMILES string of the molecule is CCCCc1ccc(-n2c(SCC#N)nc3ccccc3c2=O)cc1. The molecule has 3 aromatic rings. The minimum absolute atomic E-state index is 0.104. The number of benzene rings is 2. The zero-order valence-electron chi connectivity index (χ0n) is 14.1. The van der Waals surface area contributed by atoms with E-state index in [0.717, 1.165) is 24.9 Å². The fraction of sp³-hybridized carbons (Fsp3) is 0.250. The van der Waals surface area contributed by atoms with Crippen LogP contribution in [0.15, 0.2) is 58.5 Å². The molecule has 0 bridgehead atoms. The van der Waals surface area contributed by atoms with Crippen molar-refractivity contribution < 1.29 is 0 Å². The van der Waals surface area contributed by atoms with Crippen molar-refractivity contribution in [1.29, 1.82) is 5.26 Å². The smallest absolute Gasteiger partial charge is 0.266 e. The summed E-state index contributed by atoms with van der Waals surface area (Å²) in [6.07, 6.45) is 3.35. The van der Waals surface area contributed by atoms with Crippen molar-refractivity contribution in [1.82, 2.24) is 9.55 Å². The minimum atomic E-state index is -0.104. The molecule has 0 N–H and O–H groups in total. The largest absolute Gasteiger partial charge is 0.268 e. The molecular formula is C20H19N3OS. The molecule has 0 aliphatic heterocycles. The van der Waals surface area contributed by atoms with Gasteiger partial charge in [-0.3, -0.25) is 9.36 Å². The van der Waals surface area contributed by atoms with Crippen molar-refractivity contribution in [3.8, 4) is 11.8 Å². The molecule has 1 heterocycles. The molecule has 25 heavy (non-hydrogen) atoms. The van der Waals surface area contributed by atoms with Gasteiger partial charge in [0, 0.05) is 0 Å². The van der Waals surface area contributed by atoms with Gasteiger partial charge in [0.1, 0.15) is 0 Å². The molecule has 0 aliphatic rings. The van der Waals surface area contributed by atoms with E-state index in [2.05, 4.69) is 30.1 Å². The molecule has 0 fully saturated rings. The molecule has 0 saturated heterocycles. The van der Waals surface area contributed by atoms with E-state index < -0.39 is 0 Å². The maximum atomic E-state index is 13.0. The lowest BCUT2D eigenvalue weighted by molar-refractivity contribution is 0.791. The van der Waals surface area contributed by atoms with E-state index in [1.807, 2.05) is 30.3 Å². The first-order valence-electron chi connectivity index (χ1n) is 8.35. The summed E-state index contributed by atoms with van der Waals surface area (Å²) in [4.78, 5) is 17.6. The lowest BCUT2D eigenvalue weighted by atomic mass is 10.1. The van der Waals surface area contributed by atoms with E-state index in [1.54, 1.807) is 10.6 Å². The Morgan fingerprint density at radius 3 is 2.64 bits per heavy atom. The van der Waals surface area contributed by atoms with Crippen LogP contribution < -0.4 is 5.56 Å². The van der Waals surface area contributed by atoms with E-state index in [-0.39, 0.29) is 11.3 Å². The van der Waals surface area contributed by atoms with Gasteiger partial charge >= 0.3 is 0 Å². The Kier molecular flexibility index (Phi) is 5.52. The first-order chi connectivity index (χ1) is 12.2. The number of rotatable bonds is 6. The van der Waals surface area contributed by atoms with Crippen molar-refractivity contribution in [2.45, 2.75) is 31.3 Å². The Bertz CT molecular complexity index is 971. The van der Waals surface area contributed by atoms with Crippen molar-refractivity contribution >= 4 is 22.7 Å². The van der Waals surface area contributed by atoms with Crippen LogP contribution in [0, 0.1) is 11.3 Å². The maximum absolute atomic E-state index is 13.0. The number of aryl methyl sites for hydroxylation is 1. The van der Waals surface area contributed by atoms with Gasteiger partial charge in [0.2, 0.25) is 0 Å². The quantitative estimate of drug-likeness (QED) is 0.490. The van der Waals surface area contributed by atoms with Crippen molar-refractivity contribution in [3.63, 3.8) is 0 Å². The monoisotopic (exact) mass is 349 g/mol. The summed E-state index contributed by atoms with van der Waals surface area (Å²) in [6.45, 7) is 2.17. The first kappa shape index (κ1) is 17.2. The fourth-order valence-electron chi connectivity index (χ4n) is 2.73. The number of hydrogen-bond donors (Lipinski definition) is 0. The van der Waals surface area contributed by atoms with Gasteiger partial charge in [-0.2, -0.15) is 5.26 Å². The highest BCUT2D eigenvalue weighted by Crippen LogP contribution is 2.21. The molecule has 0 aliphatic carbocycles. The number of nitrogens with zero attached hydrogens (tertiary/aromatic N) is 3. The number of aromatic nitrogens is 2. The standard InChI is InChI=1S/C20H19N3OS/c1-2-3-6-15-9-11-16(12-10-15)23-19(24)17-7-4-5-8-18(17)22-20(23)25-14-13-21/h4-5,7-12H,2-3,6,14H2,1H3. The number of hydrogen-bond acceptors (Lipinski definition) is 4. The average Bonchev–Trinajstić information content (AvgIpc) is 2.65. The molecule has 126 valence electrons. The Morgan fingerprint density at radius 1 is 1.16 bits per heavy atom. The molecule has 0 amide bonds. The number of thioether (sulfide) groups is 1. The summed E-state index contributed by atoms with van der Waals surface area (Å²) in [7, 11) is 0. The molecule has 0 saturated carbocycles. The van der Waals surface area contributed by atoms with Crippen LogP contribution in [0.3, 0.4) is 0 Å². The van der Waals surface area contributed by atoms with Gasteiger partial charge in [0.15, 0.2) is 5.16 Å². The Labute approximate surface area is 151 Å². The van der Waals surface area contributed by atoms with E-state index in [4.69, 9.17) is 5.26 Å². The summed E-state index contributed by atoms with van der Waals surface area (Å²) in [6, 6.07) is 17.5. The van der Waals surface area contributed by atoms with E-state index >= 15 is 0 Å². The van der Waals surface area contributed by atoms with Crippen molar-refractivity contribution in [3.05, 3.63) is 64.4 Å². The third-order valence-electron chi connectivity index (χ3n) is 4.02. The highest BCUT2D eigenvalue weighted by molar-refractivity contribution is 7.99. The lowest BCUT2D eigenvalue weighted by Gasteiger charge is -2.13. The zero-order valence-corrected chi connectivity index (χ0v) is 14.9. The van der Waals surface area contributed by atoms with Crippen molar-refractivity contribution in [2.75, 3.05) is 5.75 Å². The van der Waals surface area contributed by atoms with Crippen LogP contribution in [0.25, 0.3) is 16.6 Å². The number of para-hydroxylation sites is 1. The summed E-state index contributed by atoms with van der Waals surface area (Å²) < 4.78 is 1.61. The highest BCUT2D eigenvalue weighted by Gasteiger charge is 2.13. The Hall–Kier alpha value is -2.58. The van der Waals surface area contributed by atoms with Gasteiger partial charge in [0.05, 0.1) is 28.4 Å². The molecule has 3 rings (SSSR count). The van der Waals surface area contributed by atoms with Gasteiger partial charge in [-0.25, -0.2) is 4.98 Å². The molecule has 5 heteroatoms. The van der Waals surface area contributed by atoms with E-state index in [1.165, 1.54) is 17.3 Å². The summed E-state index contributed by atoms with van der Waals surface area (Å²) >= 11 is 1.28. The van der Waals surface area contributed by atoms with Crippen LogP contribution in [0.2, 0.25) is 0 Å². The summed E-state index contributed by atoms with van der Waals surface area (Å²) in [5.74, 6) is 0.249. The second kappa shape index (κ2) is 8.00. The van der Waals surface area contributed by atoms with Gasteiger partial charge < -0.3 is 0 Å². The molecule has 0 spiro atoms. The van der Waals surface area contributed by atoms with Gasteiger partial charge in [-0.15, -0.1) is 0 Å². The highest BCUT2D eigenvalue weighted by atomic mass is 32.2. The third kappa shape index (κ3) is 3.75. The topological polar surface area (TPSA) is 58.7 Å². The lowest BCUT2D eigenvalue weighted by Crippen LogP contribution is -2.21. The molecule has 0 radical (unpaired) electrons. The normalized spacial score (nSPS) is 10.7. The van der Waals surface area contributed by atoms with Crippen molar-refractivity contribution in [2.24, 2.45) is 0 Å². The van der Waals surface area contributed by atoms with Gasteiger partial charge in [-0.05, 0) is 42.7 Å². The third-order valence-corrected chi connectivity index (χ3v) is 4.83. The molecule has 0 atom stereocenters. The fourth-order valence-corrected chi connectivity index (χ4v) is 3.40. The molecule has 4 nitrogen and oxygen atoms in total. The molecule has 1 aromatic heterocycles. The number of fused-ring (bicyclic) bond motifs is 1. The summed E-state index contributed by atoms with van der Waals surface area (Å²) in [5.41, 5.74) is 2.60. The zero-order chi connectivity index (χ0) is 17.6. The van der Waals surface area contributed by atoms with Crippen LogP contribution in [0.5, 0.6) is 0 Å². The van der Waals surface area contributed by atoms with Crippen LogP contribution in [0.4, 0.5) is 0 Å². The average molecular weight is 349 g/mol. The Balaban J connectivity index is 2.11.